The van der Waals surface area contributed by atoms with E-state index in [4.69, 9.17) is 22.1 Å². The number of para-hydroxylation sites is 1. The molecule has 0 amide bonds. The van der Waals surface area contributed by atoms with Crippen LogP contribution in [0, 0.1) is 5.41 Å². The zero-order valence-electron chi connectivity index (χ0n) is 10.6. The Balaban J connectivity index is 1.75. The van der Waals surface area contributed by atoms with Crippen LogP contribution >= 0.6 is 11.6 Å². The first kappa shape index (κ1) is 12.3. The maximum absolute atomic E-state index is 6.26. The fraction of sp³-hybridized carbons (Fsp3) is 0.600. The van der Waals surface area contributed by atoms with Gasteiger partial charge in [-0.25, -0.2) is 0 Å². The molecule has 0 bridgehead atoms. The van der Waals surface area contributed by atoms with Gasteiger partial charge in [0.1, 0.15) is 11.9 Å². The standard InChI is InChI=1S/C15H20ClNO/c16-11-6-2-3-7-12(11)18-14-10-13(17)15(14)8-4-1-5-9-15/h2-3,6-7,13-14H,1,4-5,8-10,17H2. The van der Waals surface area contributed by atoms with E-state index in [9.17, 15) is 0 Å². The Morgan fingerprint density at radius 2 is 1.89 bits per heavy atom. The lowest BCUT2D eigenvalue weighted by Gasteiger charge is -2.56. The van der Waals surface area contributed by atoms with Crippen LogP contribution in [0.3, 0.4) is 0 Å². The van der Waals surface area contributed by atoms with Gasteiger partial charge in [0.05, 0.1) is 5.02 Å². The lowest BCUT2D eigenvalue weighted by Crippen LogP contribution is -2.64. The average molecular weight is 266 g/mol. The quantitative estimate of drug-likeness (QED) is 0.884. The summed E-state index contributed by atoms with van der Waals surface area (Å²) in [6.45, 7) is 0. The van der Waals surface area contributed by atoms with E-state index in [1.807, 2.05) is 24.3 Å². The molecule has 3 heteroatoms. The molecule has 1 spiro atoms. The first-order valence-electron chi connectivity index (χ1n) is 6.89. The lowest BCUT2D eigenvalue weighted by atomic mass is 9.55. The van der Waals surface area contributed by atoms with Crippen LogP contribution in [0.4, 0.5) is 0 Å². The number of hydrogen-bond acceptors (Lipinski definition) is 2. The third-order valence-electron chi connectivity index (χ3n) is 4.74. The number of nitrogens with two attached hydrogens (primary N) is 1. The van der Waals surface area contributed by atoms with Gasteiger partial charge in [0.25, 0.3) is 0 Å². The number of benzene rings is 1. The largest absolute Gasteiger partial charge is 0.488 e. The summed E-state index contributed by atoms with van der Waals surface area (Å²) in [5.41, 5.74) is 6.48. The van der Waals surface area contributed by atoms with Gasteiger partial charge in [0, 0.05) is 17.9 Å². The minimum atomic E-state index is 0.220. The molecule has 2 aliphatic carbocycles. The summed E-state index contributed by atoms with van der Waals surface area (Å²) in [5, 5.41) is 0.698. The predicted molar refractivity (Wildman–Crippen MR) is 74.0 cm³/mol. The molecule has 0 aliphatic heterocycles. The summed E-state index contributed by atoms with van der Waals surface area (Å²) in [7, 11) is 0. The van der Waals surface area contributed by atoms with Crippen LogP contribution in [0.1, 0.15) is 38.5 Å². The molecule has 2 nitrogen and oxygen atoms in total. The van der Waals surface area contributed by atoms with E-state index < -0.39 is 0 Å². The molecule has 1 aromatic rings. The average Bonchev–Trinajstić information content (AvgIpc) is 2.41. The van der Waals surface area contributed by atoms with Crippen molar-refractivity contribution in [2.24, 2.45) is 11.1 Å². The van der Waals surface area contributed by atoms with Crippen molar-refractivity contribution in [3.8, 4) is 5.75 Å². The Morgan fingerprint density at radius 3 is 2.56 bits per heavy atom. The van der Waals surface area contributed by atoms with Crippen molar-refractivity contribution in [2.75, 3.05) is 0 Å². The molecular weight excluding hydrogens is 246 g/mol. The Labute approximate surface area is 113 Å². The summed E-state index contributed by atoms with van der Waals surface area (Å²) in [6, 6.07) is 8.03. The fourth-order valence-electron chi connectivity index (χ4n) is 3.54. The number of hydrogen-bond donors (Lipinski definition) is 1. The molecule has 18 heavy (non-hydrogen) atoms. The van der Waals surface area contributed by atoms with Crippen molar-refractivity contribution in [2.45, 2.75) is 50.7 Å². The Morgan fingerprint density at radius 1 is 1.17 bits per heavy atom. The number of rotatable bonds is 2. The highest BCUT2D eigenvalue weighted by Crippen LogP contribution is 2.52. The molecular formula is C15H20ClNO. The molecule has 2 N–H and O–H groups in total. The van der Waals surface area contributed by atoms with Crippen molar-refractivity contribution in [1.82, 2.24) is 0 Å². The number of ether oxygens (including phenoxy) is 1. The Hall–Kier alpha value is -0.730. The smallest absolute Gasteiger partial charge is 0.138 e. The molecule has 1 aromatic carbocycles. The van der Waals surface area contributed by atoms with E-state index in [1.54, 1.807) is 0 Å². The zero-order chi connectivity index (χ0) is 12.6. The predicted octanol–water partition coefficient (Wildman–Crippen LogP) is 3.77. The van der Waals surface area contributed by atoms with Crippen LogP contribution in [0.5, 0.6) is 5.75 Å². The van der Waals surface area contributed by atoms with E-state index in [-0.39, 0.29) is 11.5 Å². The monoisotopic (exact) mass is 265 g/mol. The van der Waals surface area contributed by atoms with Crippen LogP contribution in [-0.4, -0.2) is 12.1 Å². The molecule has 0 saturated heterocycles. The van der Waals surface area contributed by atoms with Gasteiger partial charge in [0.15, 0.2) is 0 Å². The summed E-state index contributed by atoms with van der Waals surface area (Å²) in [4.78, 5) is 0. The molecule has 2 atom stereocenters. The van der Waals surface area contributed by atoms with Crippen molar-refractivity contribution >= 4 is 11.6 Å². The topological polar surface area (TPSA) is 35.2 Å². The maximum Gasteiger partial charge on any atom is 0.138 e. The van der Waals surface area contributed by atoms with Gasteiger partial charge in [-0.15, -0.1) is 0 Å². The van der Waals surface area contributed by atoms with Gasteiger partial charge < -0.3 is 10.5 Å². The molecule has 0 aromatic heterocycles. The summed E-state index contributed by atoms with van der Waals surface area (Å²) in [6.07, 6.45) is 7.56. The van der Waals surface area contributed by atoms with Gasteiger partial charge in [-0.3, -0.25) is 0 Å². The molecule has 0 heterocycles. The van der Waals surface area contributed by atoms with Gasteiger partial charge in [-0.1, -0.05) is 43.0 Å². The first-order valence-corrected chi connectivity index (χ1v) is 7.27. The lowest BCUT2D eigenvalue weighted by molar-refractivity contribution is -0.0898. The molecule has 3 rings (SSSR count). The SMILES string of the molecule is NC1CC(Oc2ccccc2Cl)C12CCCCC2. The van der Waals surface area contributed by atoms with Gasteiger partial charge in [-0.2, -0.15) is 0 Å². The Bertz CT molecular complexity index is 428. The minimum Gasteiger partial charge on any atom is -0.488 e. The van der Waals surface area contributed by atoms with Gasteiger partial charge in [0.2, 0.25) is 0 Å². The first-order chi connectivity index (χ1) is 8.72. The van der Waals surface area contributed by atoms with Crippen molar-refractivity contribution in [3.63, 3.8) is 0 Å². The summed E-state index contributed by atoms with van der Waals surface area (Å²) >= 11 is 6.16. The second-order valence-electron chi connectivity index (χ2n) is 5.67. The van der Waals surface area contributed by atoms with Crippen molar-refractivity contribution < 1.29 is 4.74 Å². The van der Waals surface area contributed by atoms with Gasteiger partial charge >= 0.3 is 0 Å². The highest BCUT2D eigenvalue weighted by molar-refractivity contribution is 6.32. The highest BCUT2D eigenvalue weighted by Gasteiger charge is 2.54. The fourth-order valence-corrected chi connectivity index (χ4v) is 3.72. The second-order valence-corrected chi connectivity index (χ2v) is 6.08. The van der Waals surface area contributed by atoms with Crippen molar-refractivity contribution in [3.05, 3.63) is 29.3 Å². The molecule has 2 saturated carbocycles. The molecule has 2 fully saturated rings. The van der Waals surface area contributed by atoms with Crippen LogP contribution in [-0.2, 0) is 0 Å². The van der Waals surface area contributed by atoms with E-state index in [0.717, 1.165) is 12.2 Å². The molecule has 0 radical (unpaired) electrons. The van der Waals surface area contributed by atoms with Crippen LogP contribution in [0.25, 0.3) is 0 Å². The summed E-state index contributed by atoms with van der Waals surface area (Å²) in [5.74, 6) is 0.806. The molecule has 2 unspecified atom stereocenters. The zero-order valence-corrected chi connectivity index (χ0v) is 11.3. The van der Waals surface area contributed by atoms with Crippen LogP contribution < -0.4 is 10.5 Å². The van der Waals surface area contributed by atoms with E-state index >= 15 is 0 Å². The van der Waals surface area contributed by atoms with E-state index in [2.05, 4.69) is 0 Å². The van der Waals surface area contributed by atoms with E-state index in [1.165, 1.54) is 32.1 Å². The van der Waals surface area contributed by atoms with Gasteiger partial charge in [-0.05, 0) is 25.0 Å². The Kier molecular flexibility index (Phi) is 3.25. The number of halogens is 1. The van der Waals surface area contributed by atoms with Crippen LogP contribution in [0.2, 0.25) is 5.02 Å². The van der Waals surface area contributed by atoms with Crippen molar-refractivity contribution in [1.29, 1.82) is 0 Å². The van der Waals surface area contributed by atoms with E-state index in [0.29, 0.717) is 11.1 Å². The molecule has 98 valence electrons. The summed E-state index contributed by atoms with van der Waals surface area (Å²) < 4.78 is 6.13. The maximum atomic E-state index is 6.26. The highest BCUT2D eigenvalue weighted by atomic mass is 35.5. The third kappa shape index (κ3) is 1.92. The van der Waals surface area contributed by atoms with Crippen LogP contribution in [0.15, 0.2) is 24.3 Å². The molecule has 2 aliphatic rings. The third-order valence-corrected chi connectivity index (χ3v) is 5.05. The normalized spacial score (nSPS) is 29.9. The second kappa shape index (κ2) is 4.75. The minimum absolute atomic E-state index is 0.220.